The first kappa shape index (κ1) is 30.7. The normalized spacial score (nSPS) is 22.1. The topological polar surface area (TPSA) is 143 Å². The van der Waals surface area contributed by atoms with Crippen molar-refractivity contribution in [1.29, 1.82) is 0 Å². The minimum Gasteiger partial charge on any atom is -0.493 e. The largest absolute Gasteiger partial charge is 0.493 e. The fraction of sp³-hybridized carbons (Fsp3) is 0.690. The number of nitrogens with zero attached hydrogens (tertiary/aromatic N) is 1. The first-order chi connectivity index (χ1) is 18.8. The summed E-state index contributed by atoms with van der Waals surface area (Å²) in [6.07, 6.45) is 10.2. The Hall–Kier alpha value is -2.85. The SMILES string of the molecule is COc1cc(C(C(=O)N2CCCCC2C=O)C2CCCCC2)cc(OC)c1OC.NC(=O)C1(N)CCOCC1. The van der Waals surface area contributed by atoms with Crippen LogP contribution in [0.5, 0.6) is 17.2 Å². The Morgan fingerprint density at radius 2 is 1.56 bits per heavy atom. The number of likely N-dealkylation sites (tertiary alicyclic amines) is 1. The van der Waals surface area contributed by atoms with Crippen molar-refractivity contribution in [2.75, 3.05) is 41.1 Å². The molecule has 0 spiro atoms. The molecule has 2 atom stereocenters. The molecule has 1 saturated carbocycles. The second-order valence-corrected chi connectivity index (χ2v) is 10.7. The molecule has 2 aliphatic heterocycles. The molecular weight excluding hydrogens is 502 g/mol. The van der Waals surface area contributed by atoms with Crippen LogP contribution in [0.2, 0.25) is 0 Å². The summed E-state index contributed by atoms with van der Waals surface area (Å²) in [5.41, 5.74) is 10.8. The molecule has 0 aromatic heterocycles. The Labute approximate surface area is 231 Å². The Balaban J connectivity index is 0.000000353. The zero-order chi connectivity index (χ0) is 28.4. The van der Waals surface area contributed by atoms with Crippen molar-refractivity contribution in [3.63, 3.8) is 0 Å². The molecule has 0 bridgehead atoms. The fourth-order valence-corrected chi connectivity index (χ4v) is 5.90. The lowest BCUT2D eigenvalue weighted by Gasteiger charge is -2.38. The first-order valence-corrected chi connectivity index (χ1v) is 14.0. The number of benzene rings is 1. The molecule has 218 valence electrons. The summed E-state index contributed by atoms with van der Waals surface area (Å²) in [5.74, 6) is 1.23. The average Bonchev–Trinajstić information content (AvgIpc) is 2.97. The molecule has 3 aliphatic rings. The van der Waals surface area contributed by atoms with Crippen LogP contribution >= 0.6 is 0 Å². The van der Waals surface area contributed by atoms with E-state index in [1.165, 1.54) is 6.42 Å². The summed E-state index contributed by atoms with van der Waals surface area (Å²) in [7, 11) is 4.75. The molecule has 1 aromatic carbocycles. The second-order valence-electron chi connectivity index (χ2n) is 10.7. The summed E-state index contributed by atoms with van der Waals surface area (Å²) in [4.78, 5) is 37.9. The van der Waals surface area contributed by atoms with Crippen LogP contribution in [0.1, 0.15) is 75.7 Å². The number of carbonyl (C=O) groups excluding carboxylic acids is 3. The van der Waals surface area contributed by atoms with E-state index >= 15 is 0 Å². The van der Waals surface area contributed by atoms with E-state index in [1.807, 2.05) is 12.1 Å². The number of primary amides is 1. The van der Waals surface area contributed by atoms with Crippen molar-refractivity contribution < 1.29 is 33.3 Å². The molecule has 1 aromatic rings. The summed E-state index contributed by atoms with van der Waals surface area (Å²) < 4.78 is 21.6. The second kappa shape index (κ2) is 14.5. The lowest BCUT2D eigenvalue weighted by molar-refractivity contribution is -0.140. The first-order valence-electron chi connectivity index (χ1n) is 14.0. The maximum atomic E-state index is 13.8. The smallest absolute Gasteiger partial charge is 0.237 e. The van der Waals surface area contributed by atoms with Crippen LogP contribution in [0.4, 0.5) is 0 Å². The van der Waals surface area contributed by atoms with Gasteiger partial charge in [-0.05, 0) is 68.6 Å². The van der Waals surface area contributed by atoms with E-state index < -0.39 is 11.4 Å². The van der Waals surface area contributed by atoms with Gasteiger partial charge in [-0.15, -0.1) is 0 Å². The van der Waals surface area contributed by atoms with E-state index in [0.29, 0.717) is 49.8 Å². The molecular formula is C29H45N3O7. The van der Waals surface area contributed by atoms with Crippen molar-refractivity contribution in [1.82, 2.24) is 4.90 Å². The van der Waals surface area contributed by atoms with Gasteiger partial charge >= 0.3 is 0 Å². The van der Waals surface area contributed by atoms with E-state index in [4.69, 9.17) is 30.4 Å². The van der Waals surface area contributed by atoms with Crippen LogP contribution < -0.4 is 25.7 Å². The zero-order valence-electron chi connectivity index (χ0n) is 23.6. The Kier molecular flexibility index (Phi) is 11.4. The summed E-state index contributed by atoms with van der Waals surface area (Å²) in [6.45, 7) is 1.73. The lowest BCUT2D eigenvalue weighted by atomic mass is 9.75. The van der Waals surface area contributed by atoms with Gasteiger partial charge in [-0.3, -0.25) is 9.59 Å². The molecule has 4 N–H and O–H groups in total. The molecule has 4 rings (SSSR count). The highest BCUT2D eigenvalue weighted by atomic mass is 16.5. The highest BCUT2D eigenvalue weighted by Gasteiger charge is 2.38. The monoisotopic (exact) mass is 547 g/mol. The Bertz CT molecular complexity index is 949. The maximum absolute atomic E-state index is 13.8. The molecule has 2 amide bonds. The predicted octanol–water partition coefficient (Wildman–Crippen LogP) is 2.94. The number of hydrogen-bond acceptors (Lipinski definition) is 8. The van der Waals surface area contributed by atoms with Gasteiger partial charge in [0.25, 0.3) is 0 Å². The van der Waals surface area contributed by atoms with Gasteiger partial charge in [0.2, 0.25) is 17.6 Å². The molecule has 0 radical (unpaired) electrons. The number of nitrogens with two attached hydrogens (primary N) is 2. The van der Waals surface area contributed by atoms with Gasteiger partial charge in [-0.1, -0.05) is 19.3 Å². The van der Waals surface area contributed by atoms with Crippen molar-refractivity contribution >= 4 is 18.1 Å². The highest BCUT2D eigenvalue weighted by molar-refractivity contribution is 5.87. The van der Waals surface area contributed by atoms with E-state index in [0.717, 1.165) is 56.8 Å². The molecule has 1 aliphatic carbocycles. The minimum absolute atomic E-state index is 0.0583. The van der Waals surface area contributed by atoms with Crippen LogP contribution in [0.15, 0.2) is 12.1 Å². The third-order valence-corrected chi connectivity index (χ3v) is 8.30. The summed E-state index contributed by atoms with van der Waals surface area (Å²) in [5, 5.41) is 0. The number of carbonyl (C=O) groups is 3. The lowest BCUT2D eigenvalue weighted by Crippen LogP contribution is -2.55. The van der Waals surface area contributed by atoms with Crippen LogP contribution in [-0.4, -0.2) is 75.7 Å². The van der Waals surface area contributed by atoms with Crippen molar-refractivity contribution in [3.05, 3.63) is 17.7 Å². The number of methoxy groups -OCH3 is 3. The van der Waals surface area contributed by atoms with Gasteiger partial charge in [-0.2, -0.15) is 0 Å². The number of rotatable bonds is 8. The molecule has 2 heterocycles. The molecule has 3 fully saturated rings. The standard InChI is InChI=1S/C23H33NO5.C6H12N2O2/c1-27-19-13-17(14-20(28-2)22(19)29-3)21(16-9-5-4-6-10-16)23(26)24-12-8-7-11-18(24)15-25;7-5(9)6(8)1-3-10-4-2-6/h13-16,18,21H,4-12H2,1-3H3;1-4,8H2,(H2,7,9). The molecule has 2 unspecified atom stereocenters. The quantitative estimate of drug-likeness (QED) is 0.473. The van der Waals surface area contributed by atoms with Gasteiger partial charge in [-0.25, -0.2) is 0 Å². The van der Waals surface area contributed by atoms with E-state index in [-0.39, 0.29) is 23.8 Å². The molecule has 10 nitrogen and oxygen atoms in total. The number of aldehydes is 1. The van der Waals surface area contributed by atoms with Crippen LogP contribution in [0.3, 0.4) is 0 Å². The van der Waals surface area contributed by atoms with Gasteiger partial charge in [0.15, 0.2) is 11.5 Å². The number of amides is 2. The average molecular weight is 548 g/mol. The third kappa shape index (κ3) is 7.42. The number of hydrogen-bond donors (Lipinski definition) is 2. The number of piperidine rings is 1. The van der Waals surface area contributed by atoms with Crippen LogP contribution in [-0.2, 0) is 19.1 Å². The van der Waals surface area contributed by atoms with Crippen LogP contribution in [0, 0.1) is 5.92 Å². The van der Waals surface area contributed by atoms with Crippen molar-refractivity contribution in [2.24, 2.45) is 17.4 Å². The van der Waals surface area contributed by atoms with Crippen molar-refractivity contribution in [3.8, 4) is 17.2 Å². The Morgan fingerprint density at radius 1 is 0.974 bits per heavy atom. The minimum atomic E-state index is -0.807. The summed E-state index contributed by atoms with van der Waals surface area (Å²) >= 11 is 0. The van der Waals surface area contributed by atoms with Gasteiger partial charge < -0.3 is 40.1 Å². The zero-order valence-corrected chi connectivity index (χ0v) is 23.6. The van der Waals surface area contributed by atoms with E-state index in [2.05, 4.69) is 0 Å². The fourth-order valence-electron chi connectivity index (χ4n) is 5.90. The third-order valence-electron chi connectivity index (χ3n) is 8.30. The van der Waals surface area contributed by atoms with Gasteiger partial charge in [0, 0.05) is 19.8 Å². The molecule has 10 heteroatoms. The highest BCUT2D eigenvalue weighted by Crippen LogP contribution is 2.44. The van der Waals surface area contributed by atoms with E-state index in [9.17, 15) is 14.4 Å². The van der Waals surface area contributed by atoms with Crippen molar-refractivity contribution in [2.45, 2.75) is 81.7 Å². The van der Waals surface area contributed by atoms with Crippen LogP contribution in [0.25, 0.3) is 0 Å². The van der Waals surface area contributed by atoms with Gasteiger partial charge in [0.05, 0.1) is 38.8 Å². The van der Waals surface area contributed by atoms with Gasteiger partial charge in [0.1, 0.15) is 6.29 Å². The van der Waals surface area contributed by atoms with E-state index in [1.54, 1.807) is 26.2 Å². The maximum Gasteiger partial charge on any atom is 0.237 e. The molecule has 39 heavy (non-hydrogen) atoms. The Morgan fingerprint density at radius 3 is 2.05 bits per heavy atom. The predicted molar refractivity (Wildman–Crippen MR) is 147 cm³/mol. The molecule has 2 saturated heterocycles. The number of ether oxygens (including phenoxy) is 4. The summed E-state index contributed by atoms with van der Waals surface area (Å²) in [6, 6.07) is 3.49.